The zero-order valence-corrected chi connectivity index (χ0v) is 13.4. The Morgan fingerprint density at radius 1 is 1.04 bits per heavy atom. The average molecular weight is 344 g/mol. The van der Waals surface area contributed by atoms with Gasteiger partial charge in [0.15, 0.2) is 11.5 Å². The minimum absolute atomic E-state index is 0.134. The number of alkyl halides is 3. The van der Waals surface area contributed by atoms with Crippen LogP contribution in [0.5, 0.6) is 0 Å². The second kappa shape index (κ2) is 6.55. The molecular formula is C19H15F3N2O. The van der Waals surface area contributed by atoms with Crippen LogP contribution in [0.1, 0.15) is 28.8 Å². The average Bonchev–Trinajstić information content (AvgIpc) is 2.61. The van der Waals surface area contributed by atoms with Gasteiger partial charge in [-0.3, -0.25) is 4.79 Å². The maximum absolute atomic E-state index is 13.5. The molecule has 0 aromatic heterocycles. The third kappa shape index (κ3) is 3.63. The van der Waals surface area contributed by atoms with E-state index >= 15 is 0 Å². The Morgan fingerprint density at radius 2 is 1.68 bits per heavy atom. The van der Waals surface area contributed by atoms with Crippen molar-refractivity contribution in [3.63, 3.8) is 0 Å². The van der Waals surface area contributed by atoms with Crippen LogP contribution in [-0.4, -0.2) is 17.7 Å². The number of nitrogens with zero attached hydrogens (tertiary/aromatic N) is 2. The molecule has 1 heterocycles. The molecule has 3 nitrogen and oxygen atoms in total. The lowest BCUT2D eigenvalue weighted by Crippen LogP contribution is -2.34. The number of anilines is 1. The first-order chi connectivity index (χ1) is 11.9. The Labute approximate surface area is 143 Å². The number of carbonyl (C=O) groups is 1. The minimum Gasteiger partial charge on any atom is -0.295 e. The molecule has 2 aromatic carbocycles. The highest BCUT2D eigenvalue weighted by Gasteiger charge is 2.42. The number of para-hydroxylation sites is 1. The van der Waals surface area contributed by atoms with Crippen LogP contribution in [-0.2, 0) is 0 Å². The molecule has 0 radical (unpaired) electrons. The van der Waals surface area contributed by atoms with E-state index in [9.17, 15) is 18.0 Å². The van der Waals surface area contributed by atoms with Crippen LogP contribution in [0.15, 0.2) is 72.0 Å². The van der Waals surface area contributed by atoms with Crippen LogP contribution in [0.25, 0.3) is 0 Å². The zero-order chi connectivity index (χ0) is 18.0. The lowest BCUT2D eigenvalue weighted by molar-refractivity contribution is -0.0611. The van der Waals surface area contributed by atoms with E-state index in [1.165, 1.54) is 48.5 Å². The second-order valence-corrected chi connectivity index (χ2v) is 5.66. The summed E-state index contributed by atoms with van der Waals surface area (Å²) in [6.45, 7) is 1.41. The number of carbonyl (C=O) groups excluding carboxylic acids is 1. The summed E-state index contributed by atoms with van der Waals surface area (Å²) in [5.41, 5.74) is 0.547. The molecule has 1 aliphatic rings. The van der Waals surface area contributed by atoms with Gasteiger partial charge in [-0.05, 0) is 24.6 Å². The van der Waals surface area contributed by atoms with E-state index < -0.39 is 17.8 Å². The predicted molar refractivity (Wildman–Crippen MR) is 90.7 cm³/mol. The van der Waals surface area contributed by atoms with Crippen LogP contribution < -0.4 is 5.01 Å². The summed E-state index contributed by atoms with van der Waals surface area (Å²) >= 11 is 0. The SMILES string of the molecule is CC(=O)c1ccc(C2C=CN(c3ccccc3)N=C2C(F)(F)F)cc1. The number of halogens is 3. The minimum atomic E-state index is -4.57. The Kier molecular flexibility index (Phi) is 4.44. The van der Waals surface area contributed by atoms with Crippen molar-refractivity contribution in [2.75, 3.05) is 5.01 Å². The molecule has 0 aliphatic carbocycles. The largest absolute Gasteiger partial charge is 0.432 e. The van der Waals surface area contributed by atoms with Crippen molar-refractivity contribution in [1.82, 2.24) is 0 Å². The first-order valence-electron chi connectivity index (χ1n) is 7.65. The number of hydrogen-bond acceptors (Lipinski definition) is 3. The van der Waals surface area contributed by atoms with Crippen LogP contribution in [0, 0.1) is 0 Å². The van der Waals surface area contributed by atoms with Crippen molar-refractivity contribution in [3.8, 4) is 0 Å². The highest BCUT2D eigenvalue weighted by Crippen LogP contribution is 2.34. The van der Waals surface area contributed by atoms with Crippen LogP contribution >= 0.6 is 0 Å². The third-order valence-electron chi connectivity index (χ3n) is 3.92. The quantitative estimate of drug-likeness (QED) is 0.740. The maximum Gasteiger partial charge on any atom is 0.432 e. The molecule has 0 N–H and O–H groups in total. The third-order valence-corrected chi connectivity index (χ3v) is 3.92. The van der Waals surface area contributed by atoms with Crippen molar-refractivity contribution in [1.29, 1.82) is 0 Å². The molecule has 0 amide bonds. The predicted octanol–water partition coefficient (Wildman–Crippen LogP) is 4.93. The van der Waals surface area contributed by atoms with Gasteiger partial charge >= 0.3 is 6.18 Å². The smallest absolute Gasteiger partial charge is 0.295 e. The molecule has 3 rings (SSSR count). The molecule has 25 heavy (non-hydrogen) atoms. The van der Waals surface area contributed by atoms with Gasteiger partial charge in [-0.25, -0.2) is 5.01 Å². The lowest BCUT2D eigenvalue weighted by Gasteiger charge is -2.27. The Bertz CT molecular complexity index is 824. The summed E-state index contributed by atoms with van der Waals surface area (Å²) < 4.78 is 40.6. The van der Waals surface area contributed by atoms with E-state index in [0.717, 1.165) is 0 Å². The number of benzene rings is 2. The monoisotopic (exact) mass is 344 g/mol. The molecule has 2 aromatic rings. The molecule has 1 atom stereocenters. The number of allylic oxidation sites excluding steroid dienone is 1. The maximum atomic E-state index is 13.5. The summed E-state index contributed by atoms with van der Waals surface area (Å²) in [6, 6.07) is 14.7. The fourth-order valence-electron chi connectivity index (χ4n) is 2.62. The summed E-state index contributed by atoms with van der Waals surface area (Å²) in [6.07, 6.45) is -1.58. The molecule has 1 aliphatic heterocycles. The summed E-state index contributed by atoms with van der Waals surface area (Å²) in [5, 5.41) is 5.02. The van der Waals surface area contributed by atoms with E-state index in [2.05, 4.69) is 5.10 Å². The molecule has 0 fully saturated rings. The summed E-state index contributed by atoms with van der Waals surface area (Å²) in [7, 11) is 0. The van der Waals surface area contributed by atoms with Gasteiger partial charge in [0.1, 0.15) is 0 Å². The van der Waals surface area contributed by atoms with Gasteiger partial charge in [0.05, 0.1) is 11.6 Å². The van der Waals surface area contributed by atoms with E-state index in [-0.39, 0.29) is 5.78 Å². The van der Waals surface area contributed by atoms with Crippen LogP contribution in [0.3, 0.4) is 0 Å². The number of rotatable bonds is 3. The Morgan fingerprint density at radius 3 is 2.24 bits per heavy atom. The van der Waals surface area contributed by atoms with Gasteiger partial charge in [0, 0.05) is 11.8 Å². The standard InChI is InChI=1S/C19H15F3N2O/c1-13(25)14-7-9-15(10-8-14)17-11-12-24(16-5-3-2-4-6-16)23-18(17)19(20,21)22/h2-12,17H,1H3. The number of ketones is 1. The highest BCUT2D eigenvalue weighted by atomic mass is 19.4. The molecular weight excluding hydrogens is 329 g/mol. The first-order valence-corrected chi connectivity index (χ1v) is 7.65. The van der Waals surface area contributed by atoms with E-state index in [0.29, 0.717) is 16.8 Å². The van der Waals surface area contributed by atoms with E-state index in [1.807, 2.05) is 0 Å². The molecule has 0 saturated carbocycles. The van der Waals surface area contributed by atoms with Crippen molar-refractivity contribution in [3.05, 3.63) is 78.0 Å². The molecule has 6 heteroatoms. The Balaban J connectivity index is 1.97. The van der Waals surface area contributed by atoms with E-state index in [4.69, 9.17) is 0 Å². The van der Waals surface area contributed by atoms with Crippen molar-refractivity contribution >= 4 is 17.2 Å². The van der Waals surface area contributed by atoms with Crippen molar-refractivity contribution in [2.24, 2.45) is 5.10 Å². The number of Topliss-reactive ketones (excluding diaryl/α,β-unsaturated/α-hetero) is 1. The van der Waals surface area contributed by atoms with Gasteiger partial charge in [0.2, 0.25) is 0 Å². The summed E-state index contributed by atoms with van der Waals surface area (Å²) in [5.74, 6) is -1.15. The van der Waals surface area contributed by atoms with Crippen LogP contribution in [0.2, 0.25) is 0 Å². The molecule has 0 bridgehead atoms. The van der Waals surface area contributed by atoms with Crippen molar-refractivity contribution < 1.29 is 18.0 Å². The van der Waals surface area contributed by atoms with Gasteiger partial charge in [-0.1, -0.05) is 48.5 Å². The van der Waals surface area contributed by atoms with E-state index in [1.54, 1.807) is 30.3 Å². The second-order valence-electron chi connectivity index (χ2n) is 5.66. The molecule has 0 spiro atoms. The Hall–Kier alpha value is -2.89. The fourth-order valence-corrected chi connectivity index (χ4v) is 2.62. The van der Waals surface area contributed by atoms with Crippen molar-refractivity contribution in [2.45, 2.75) is 19.0 Å². The number of hydrazone groups is 1. The van der Waals surface area contributed by atoms with Gasteiger partial charge in [-0.2, -0.15) is 18.3 Å². The van der Waals surface area contributed by atoms with Gasteiger partial charge < -0.3 is 0 Å². The normalized spacial score (nSPS) is 17.4. The zero-order valence-electron chi connectivity index (χ0n) is 13.4. The number of hydrogen-bond donors (Lipinski definition) is 0. The molecule has 0 saturated heterocycles. The van der Waals surface area contributed by atoms with Gasteiger partial charge in [0.25, 0.3) is 0 Å². The van der Waals surface area contributed by atoms with Gasteiger partial charge in [-0.15, -0.1) is 0 Å². The summed E-state index contributed by atoms with van der Waals surface area (Å²) in [4.78, 5) is 11.3. The molecule has 1 unspecified atom stereocenters. The topological polar surface area (TPSA) is 32.7 Å². The molecule has 128 valence electrons. The highest BCUT2D eigenvalue weighted by molar-refractivity contribution is 5.99. The first kappa shape index (κ1) is 17.0. The fraction of sp³-hybridized carbons (Fsp3) is 0.158. The lowest BCUT2D eigenvalue weighted by atomic mass is 9.91. The van der Waals surface area contributed by atoms with Crippen LogP contribution in [0.4, 0.5) is 18.9 Å².